The molecule has 1 amide bonds. The minimum atomic E-state index is -0.454. The highest BCUT2D eigenvalue weighted by Crippen LogP contribution is 2.11. The van der Waals surface area contributed by atoms with Crippen LogP contribution in [0.25, 0.3) is 11.0 Å². The van der Waals surface area contributed by atoms with Gasteiger partial charge < -0.3 is 18.9 Å². The maximum Gasteiger partial charge on any atom is 0.326 e. The first-order valence-corrected chi connectivity index (χ1v) is 7.15. The average molecular weight is 303 g/mol. The predicted octanol–water partition coefficient (Wildman–Crippen LogP) is 0.438. The third kappa shape index (κ3) is 3.25. The van der Waals surface area contributed by atoms with Crippen molar-refractivity contribution in [3.8, 4) is 0 Å². The highest BCUT2D eigenvalue weighted by atomic mass is 16.5. The van der Waals surface area contributed by atoms with E-state index in [4.69, 9.17) is 9.47 Å². The molecule has 22 heavy (non-hydrogen) atoms. The molecule has 1 aliphatic heterocycles. The van der Waals surface area contributed by atoms with Gasteiger partial charge in [-0.1, -0.05) is 12.1 Å². The van der Waals surface area contributed by atoms with Crippen LogP contribution in [-0.2, 0) is 25.6 Å². The van der Waals surface area contributed by atoms with Gasteiger partial charge >= 0.3 is 5.97 Å². The van der Waals surface area contributed by atoms with E-state index in [0.29, 0.717) is 26.3 Å². The largest absolute Gasteiger partial charge is 0.454 e. The van der Waals surface area contributed by atoms with Crippen LogP contribution in [-0.4, -0.2) is 59.2 Å². The van der Waals surface area contributed by atoms with Crippen molar-refractivity contribution in [2.75, 3.05) is 32.9 Å². The summed E-state index contributed by atoms with van der Waals surface area (Å²) in [4.78, 5) is 29.6. The van der Waals surface area contributed by atoms with Gasteiger partial charge in [0.2, 0.25) is 0 Å². The van der Waals surface area contributed by atoms with Crippen LogP contribution in [0, 0.1) is 0 Å². The summed E-state index contributed by atoms with van der Waals surface area (Å²) in [6.45, 7) is 1.95. The van der Waals surface area contributed by atoms with E-state index < -0.39 is 5.97 Å². The lowest BCUT2D eigenvalue weighted by Gasteiger charge is -2.26. The summed E-state index contributed by atoms with van der Waals surface area (Å²) in [6.07, 6.45) is 1.59. The van der Waals surface area contributed by atoms with Crippen molar-refractivity contribution >= 4 is 22.9 Å². The molecule has 1 aliphatic rings. The van der Waals surface area contributed by atoms with Crippen molar-refractivity contribution < 1.29 is 19.1 Å². The molecule has 0 unspecified atom stereocenters. The van der Waals surface area contributed by atoms with E-state index in [-0.39, 0.29) is 19.1 Å². The Bertz CT molecular complexity index is 676. The van der Waals surface area contributed by atoms with Gasteiger partial charge in [-0.3, -0.25) is 9.59 Å². The van der Waals surface area contributed by atoms with Gasteiger partial charge in [-0.05, 0) is 12.1 Å². The molecular weight excluding hydrogens is 286 g/mol. The first-order chi connectivity index (χ1) is 10.7. The number of imidazole rings is 1. The second-order valence-electron chi connectivity index (χ2n) is 5.02. The molecule has 0 bridgehead atoms. The van der Waals surface area contributed by atoms with Gasteiger partial charge in [0.05, 0.1) is 30.6 Å². The van der Waals surface area contributed by atoms with Crippen molar-refractivity contribution in [3.05, 3.63) is 30.6 Å². The summed E-state index contributed by atoms with van der Waals surface area (Å²) in [6, 6.07) is 7.53. The number of fused-ring (bicyclic) bond motifs is 1. The summed E-state index contributed by atoms with van der Waals surface area (Å²) >= 11 is 0. The van der Waals surface area contributed by atoms with Crippen LogP contribution in [0.4, 0.5) is 0 Å². The number of hydrogen-bond donors (Lipinski definition) is 0. The molecule has 0 radical (unpaired) electrons. The van der Waals surface area contributed by atoms with Gasteiger partial charge in [0.25, 0.3) is 5.91 Å². The van der Waals surface area contributed by atoms with E-state index in [1.54, 1.807) is 15.8 Å². The Labute approximate surface area is 127 Å². The number of morpholine rings is 1. The summed E-state index contributed by atoms with van der Waals surface area (Å²) in [5.41, 5.74) is 1.68. The third-order valence-corrected chi connectivity index (χ3v) is 3.55. The molecule has 1 fully saturated rings. The van der Waals surface area contributed by atoms with E-state index in [1.807, 2.05) is 24.3 Å². The zero-order valence-electron chi connectivity index (χ0n) is 12.1. The molecule has 0 spiro atoms. The number of carbonyl (C=O) groups excluding carboxylic acids is 2. The normalized spacial score (nSPS) is 15.0. The van der Waals surface area contributed by atoms with Crippen LogP contribution in [0.1, 0.15) is 0 Å². The van der Waals surface area contributed by atoms with Gasteiger partial charge in [-0.25, -0.2) is 4.98 Å². The summed E-state index contributed by atoms with van der Waals surface area (Å²) in [5.74, 6) is -0.642. The van der Waals surface area contributed by atoms with E-state index in [1.165, 1.54) is 0 Å². The van der Waals surface area contributed by atoms with Gasteiger partial charge in [-0.15, -0.1) is 0 Å². The number of aromatic nitrogens is 2. The van der Waals surface area contributed by atoms with Gasteiger partial charge in [-0.2, -0.15) is 0 Å². The van der Waals surface area contributed by atoms with Gasteiger partial charge in [0.1, 0.15) is 6.54 Å². The van der Waals surface area contributed by atoms with E-state index in [0.717, 1.165) is 11.0 Å². The van der Waals surface area contributed by atoms with E-state index >= 15 is 0 Å². The van der Waals surface area contributed by atoms with Crippen molar-refractivity contribution in [1.29, 1.82) is 0 Å². The van der Waals surface area contributed by atoms with Crippen LogP contribution in [0.3, 0.4) is 0 Å². The Morgan fingerprint density at radius 1 is 1.23 bits per heavy atom. The fourth-order valence-corrected chi connectivity index (χ4v) is 2.37. The van der Waals surface area contributed by atoms with Crippen LogP contribution in [0.5, 0.6) is 0 Å². The second kappa shape index (κ2) is 6.57. The van der Waals surface area contributed by atoms with Crippen molar-refractivity contribution in [2.24, 2.45) is 0 Å². The molecule has 1 aromatic heterocycles. The monoisotopic (exact) mass is 303 g/mol. The molecule has 7 nitrogen and oxygen atoms in total. The number of esters is 1. The Morgan fingerprint density at radius 3 is 2.82 bits per heavy atom. The SMILES string of the molecule is O=C(Cn1cnc2ccccc21)OCC(=O)N1CCOCC1. The van der Waals surface area contributed by atoms with Gasteiger partial charge in [0.15, 0.2) is 6.61 Å². The topological polar surface area (TPSA) is 73.7 Å². The fourth-order valence-electron chi connectivity index (χ4n) is 2.37. The summed E-state index contributed by atoms with van der Waals surface area (Å²) in [7, 11) is 0. The Kier molecular flexibility index (Phi) is 4.34. The number of hydrogen-bond acceptors (Lipinski definition) is 5. The minimum absolute atomic E-state index is 0.0386. The Hall–Kier alpha value is -2.41. The number of ether oxygens (including phenoxy) is 2. The molecule has 1 aromatic carbocycles. The molecule has 2 heterocycles. The lowest BCUT2D eigenvalue weighted by Crippen LogP contribution is -2.42. The van der Waals surface area contributed by atoms with Crippen molar-refractivity contribution in [2.45, 2.75) is 6.54 Å². The van der Waals surface area contributed by atoms with Crippen molar-refractivity contribution in [1.82, 2.24) is 14.5 Å². The molecule has 3 rings (SSSR count). The molecule has 0 atom stereocenters. The number of nitrogens with zero attached hydrogens (tertiary/aromatic N) is 3. The zero-order chi connectivity index (χ0) is 15.4. The summed E-state index contributed by atoms with van der Waals surface area (Å²) < 4.78 is 11.9. The molecule has 0 aliphatic carbocycles. The molecule has 7 heteroatoms. The van der Waals surface area contributed by atoms with Gasteiger partial charge in [0, 0.05) is 13.1 Å². The molecule has 2 aromatic rings. The molecule has 0 saturated carbocycles. The van der Waals surface area contributed by atoms with Crippen LogP contribution < -0.4 is 0 Å². The maximum absolute atomic E-state index is 11.9. The number of rotatable bonds is 4. The minimum Gasteiger partial charge on any atom is -0.454 e. The quantitative estimate of drug-likeness (QED) is 0.766. The third-order valence-electron chi connectivity index (χ3n) is 3.55. The molecule has 0 N–H and O–H groups in total. The number of carbonyl (C=O) groups is 2. The first-order valence-electron chi connectivity index (χ1n) is 7.15. The molecule has 116 valence electrons. The standard InChI is InChI=1S/C15H17N3O4/c19-14(17-5-7-21-8-6-17)10-22-15(20)9-18-11-16-12-3-1-2-4-13(12)18/h1-4,11H,5-10H2. The fraction of sp³-hybridized carbons (Fsp3) is 0.400. The highest BCUT2D eigenvalue weighted by Gasteiger charge is 2.18. The maximum atomic E-state index is 11.9. The zero-order valence-corrected chi connectivity index (χ0v) is 12.1. The lowest BCUT2D eigenvalue weighted by atomic mass is 10.3. The van der Waals surface area contributed by atoms with Crippen LogP contribution in [0.15, 0.2) is 30.6 Å². The predicted molar refractivity (Wildman–Crippen MR) is 78.1 cm³/mol. The number of amides is 1. The summed E-state index contributed by atoms with van der Waals surface area (Å²) in [5, 5.41) is 0. The number of benzene rings is 1. The highest BCUT2D eigenvalue weighted by molar-refractivity contribution is 5.82. The number of para-hydroxylation sites is 2. The Morgan fingerprint density at radius 2 is 2.00 bits per heavy atom. The van der Waals surface area contributed by atoms with E-state index in [9.17, 15) is 9.59 Å². The van der Waals surface area contributed by atoms with E-state index in [2.05, 4.69) is 4.98 Å². The Balaban J connectivity index is 1.53. The molecular formula is C15H17N3O4. The van der Waals surface area contributed by atoms with Crippen LogP contribution >= 0.6 is 0 Å². The lowest BCUT2D eigenvalue weighted by molar-refractivity contribution is -0.154. The molecule has 1 saturated heterocycles. The average Bonchev–Trinajstić information content (AvgIpc) is 2.97. The first kappa shape index (κ1) is 14.5. The van der Waals surface area contributed by atoms with Crippen molar-refractivity contribution in [3.63, 3.8) is 0 Å². The smallest absolute Gasteiger partial charge is 0.326 e. The second-order valence-corrected chi connectivity index (χ2v) is 5.02. The van der Waals surface area contributed by atoms with Crippen LogP contribution in [0.2, 0.25) is 0 Å².